The molecule has 4 aromatic rings. The fourth-order valence-electron chi connectivity index (χ4n) is 3.50. The number of aromatic nitrogens is 3. The van der Waals surface area contributed by atoms with Gasteiger partial charge in [0.1, 0.15) is 12.3 Å². The van der Waals surface area contributed by atoms with Crippen LogP contribution in [0.5, 0.6) is 11.5 Å². The van der Waals surface area contributed by atoms with E-state index >= 15 is 0 Å². The predicted octanol–water partition coefficient (Wildman–Crippen LogP) is 3.28. The number of fused-ring (bicyclic) bond motifs is 1. The van der Waals surface area contributed by atoms with E-state index in [4.69, 9.17) is 14.6 Å². The molecule has 0 saturated heterocycles. The van der Waals surface area contributed by atoms with Crippen LogP contribution in [0.15, 0.2) is 90.4 Å². The minimum atomic E-state index is -0.782. The number of amides is 1. The maximum absolute atomic E-state index is 12.5. The Labute approximate surface area is 190 Å². The van der Waals surface area contributed by atoms with Crippen LogP contribution in [-0.4, -0.2) is 39.6 Å². The van der Waals surface area contributed by atoms with Crippen molar-refractivity contribution < 1.29 is 14.3 Å². The number of rotatable bonds is 6. The standard InChI is InChI=1S/C25H21N5O3/c31-25(23-17-32-21-10-4-5-11-22(21)33-23)28-27-14-20-16-30(15-18-7-2-1-3-8-18)29-24(20)19-9-6-12-26-13-19/h1-14,16,23H,15,17H2,(H,28,31)/b27-14+. The van der Waals surface area contributed by atoms with Crippen LogP contribution in [0.3, 0.4) is 0 Å². The summed E-state index contributed by atoms with van der Waals surface area (Å²) >= 11 is 0. The van der Waals surface area contributed by atoms with Gasteiger partial charge in [-0.3, -0.25) is 14.5 Å². The molecule has 8 nitrogen and oxygen atoms in total. The number of pyridine rings is 1. The van der Waals surface area contributed by atoms with Crippen LogP contribution in [0.1, 0.15) is 11.1 Å². The minimum Gasteiger partial charge on any atom is -0.485 e. The van der Waals surface area contributed by atoms with Gasteiger partial charge in [-0.1, -0.05) is 42.5 Å². The van der Waals surface area contributed by atoms with Crippen LogP contribution in [-0.2, 0) is 11.3 Å². The monoisotopic (exact) mass is 439 g/mol. The van der Waals surface area contributed by atoms with Gasteiger partial charge in [0.25, 0.3) is 5.91 Å². The molecule has 1 N–H and O–H groups in total. The maximum atomic E-state index is 12.5. The predicted molar refractivity (Wildman–Crippen MR) is 123 cm³/mol. The molecular formula is C25H21N5O3. The number of carbonyl (C=O) groups is 1. The lowest BCUT2D eigenvalue weighted by Crippen LogP contribution is -2.42. The fraction of sp³-hybridized carbons (Fsp3) is 0.120. The molecule has 1 atom stereocenters. The number of carbonyl (C=O) groups excluding carboxylic acids is 1. The van der Waals surface area contributed by atoms with Gasteiger partial charge >= 0.3 is 0 Å². The largest absolute Gasteiger partial charge is 0.485 e. The molecule has 3 heterocycles. The molecule has 2 aromatic heterocycles. The number of hydrazone groups is 1. The topological polar surface area (TPSA) is 90.6 Å². The smallest absolute Gasteiger partial charge is 0.284 e. The Bertz CT molecular complexity index is 1270. The van der Waals surface area contributed by atoms with E-state index < -0.39 is 6.10 Å². The van der Waals surface area contributed by atoms with E-state index in [9.17, 15) is 4.79 Å². The number of para-hydroxylation sites is 2. The highest BCUT2D eigenvalue weighted by molar-refractivity contribution is 5.90. The second-order valence-electron chi connectivity index (χ2n) is 7.46. The number of nitrogens with zero attached hydrogens (tertiary/aromatic N) is 4. The van der Waals surface area contributed by atoms with E-state index in [1.807, 2.05) is 65.5 Å². The molecule has 1 unspecified atom stereocenters. The summed E-state index contributed by atoms with van der Waals surface area (Å²) < 4.78 is 13.2. The fourth-order valence-corrected chi connectivity index (χ4v) is 3.50. The molecule has 0 fully saturated rings. The first-order valence-corrected chi connectivity index (χ1v) is 10.5. The molecule has 0 spiro atoms. The summed E-state index contributed by atoms with van der Waals surface area (Å²) in [4.78, 5) is 16.7. The molecule has 1 aliphatic rings. The first-order chi connectivity index (χ1) is 16.3. The SMILES string of the molecule is O=C(N/N=C/c1cn(Cc2ccccc2)nc1-c1cccnc1)C1COc2ccccc2O1. The summed E-state index contributed by atoms with van der Waals surface area (Å²) in [6.45, 7) is 0.731. The van der Waals surface area contributed by atoms with Crippen molar-refractivity contribution in [1.82, 2.24) is 20.2 Å². The van der Waals surface area contributed by atoms with Gasteiger partial charge in [-0.05, 0) is 29.8 Å². The third-order valence-corrected chi connectivity index (χ3v) is 5.09. The van der Waals surface area contributed by atoms with E-state index in [0.29, 0.717) is 18.0 Å². The minimum absolute atomic E-state index is 0.119. The van der Waals surface area contributed by atoms with Crippen LogP contribution < -0.4 is 14.9 Å². The number of ether oxygens (including phenoxy) is 2. The molecule has 8 heteroatoms. The zero-order valence-electron chi connectivity index (χ0n) is 17.7. The lowest BCUT2D eigenvalue weighted by molar-refractivity contribution is -0.130. The van der Waals surface area contributed by atoms with Crippen molar-refractivity contribution in [2.24, 2.45) is 5.10 Å². The molecule has 1 amide bonds. The Hall–Kier alpha value is -4.46. The Balaban J connectivity index is 1.32. The summed E-state index contributed by atoms with van der Waals surface area (Å²) in [6, 6.07) is 21.1. The van der Waals surface area contributed by atoms with Crippen molar-refractivity contribution in [1.29, 1.82) is 0 Å². The quantitative estimate of drug-likeness (QED) is 0.368. The number of hydrogen-bond donors (Lipinski definition) is 1. The van der Waals surface area contributed by atoms with E-state index in [-0.39, 0.29) is 12.5 Å². The second kappa shape index (κ2) is 9.35. The highest BCUT2D eigenvalue weighted by Gasteiger charge is 2.27. The average molecular weight is 439 g/mol. The summed E-state index contributed by atoms with van der Waals surface area (Å²) in [5.74, 6) is 0.770. The van der Waals surface area contributed by atoms with E-state index in [1.165, 1.54) is 0 Å². The Morgan fingerprint density at radius 2 is 1.91 bits per heavy atom. The summed E-state index contributed by atoms with van der Waals surface area (Å²) in [5, 5.41) is 8.86. The number of benzene rings is 2. The average Bonchev–Trinajstić information content (AvgIpc) is 3.27. The highest BCUT2D eigenvalue weighted by Crippen LogP contribution is 2.30. The van der Waals surface area contributed by atoms with Gasteiger partial charge in [-0.15, -0.1) is 0 Å². The Morgan fingerprint density at radius 1 is 1.09 bits per heavy atom. The number of hydrogen-bond acceptors (Lipinski definition) is 6. The molecule has 0 aliphatic carbocycles. The number of nitrogens with one attached hydrogen (secondary N) is 1. The Kier molecular flexibility index (Phi) is 5.79. The molecular weight excluding hydrogens is 418 g/mol. The lowest BCUT2D eigenvalue weighted by atomic mass is 10.1. The molecule has 0 bridgehead atoms. The van der Waals surface area contributed by atoms with Crippen molar-refractivity contribution in [2.75, 3.05) is 6.61 Å². The zero-order chi connectivity index (χ0) is 22.5. The normalized spacial score (nSPS) is 14.8. The van der Waals surface area contributed by atoms with Crippen molar-refractivity contribution in [3.05, 3.63) is 96.4 Å². The molecule has 5 rings (SSSR count). The molecule has 1 aliphatic heterocycles. The van der Waals surface area contributed by atoms with Crippen molar-refractivity contribution >= 4 is 12.1 Å². The molecule has 164 valence electrons. The van der Waals surface area contributed by atoms with Gasteiger partial charge in [0.05, 0.1) is 12.8 Å². The summed E-state index contributed by atoms with van der Waals surface area (Å²) in [5.41, 5.74) is 6.01. The third-order valence-electron chi connectivity index (χ3n) is 5.09. The van der Waals surface area contributed by atoms with E-state index in [0.717, 1.165) is 22.4 Å². The van der Waals surface area contributed by atoms with Gasteiger partial charge in [-0.25, -0.2) is 5.43 Å². The van der Waals surface area contributed by atoms with E-state index in [1.54, 1.807) is 30.7 Å². The van der Waals surface area contributed by atoms with Crippen LogP contribution in [0.25, 0.3) is 11.3 Å². The van der Waals surface area contributed by atoms with Gasteiger partial charge in [-0.2, -0.15) is 10.2 Å². The molecule has 2 aromatic carbocycles. The van der Waals surface area contributed by atoms with Crippen molar-refractivity contribution in [3.63, 3.8) is 0 Å². The maximum Gasteiger partial charge on any atom is 0.284 e. The molecule has 0 radical (unpaired) electrons. The van der Waals surface area contributed by atoms with Gasteiger partial charge < -0.3 is 9.47 Å². The van der Waals surface area contributed by atoms with Crippen LogP contribution in [0, 0.1) is 0 Å². The van der Waals surface area contributed by atoms with Crippen molar-refractivity contribution in [3.8, 4) is 22.8 Å². The highest BCUT2D eigenvalue weighted by atomic mass is 16.6. The lowest BCUT2D eigenvalue weighted by Gasteiger charge is -2.24. The van der Waals surface area contributed by atoms with Crippen molar-refractivity contribution in [2.45, 2.75) is 12.6 Å². The third kappa shape index (κ3) is 4.74. The Morgan fingerprint density at radius 3 is 2.73 bits per heavy atom. The van der Waals surface area contributed by atoms with Gasteiger partial charge in [0.2, 0.25) is 6.10 Å². The van der Waals surface area contributed by atoms with Gasteiger partial charge in [0.15, 0.2) is 11.5 Å². The van der Waals surface area contributed by atoms with Gasteiger partial charge in [0, 0.05) is 29.7 Å². The summed E-state index contributed by atoms with van der Waals surface area (Å²) in [6.07, 6.45) is 6.14. The molecule has 33 heavy (non-hydrogen) atoms. The zero-order valence-corrected chi connectivity index (χ0v) is 17.7. The second-order valence-corrected chi connectivity index (χ2v) is 7.46. The first kappa shape index (κ1) is 20.4. The summed E-state index contributed by atoms with van der Waals surface area (Å²) in [7, 11) is 0. The molecule has 0 saturated carbocycles. The first-order valence-electron chi connectivity index (χ1n) is 10.5. The van der Waals surface area contributed by atoms with Crippen LogP contribution in [0.2, 0.25) is 0 Å². The van der Waals surface area contributed by atoms with Crippen LogP contribution >= 0.6 is 0 Å². The van der Waals surface area contributed by atoms with E-state index in [2.05, 4.69) is 15.5 Å². The van der Waals surface area contributed by atoms with Crippen LogP contribution in [0.4, 0.5) is 0 Å².